The Morgan fingerprint density at radius 3 is 2.80 bits per heavy atom. The Labute approximate surface area is 123 Å². The Morgan fingerprint density at radius 2 is 2.05 bits per heavy atom. The van der Waals surface area contributed by atoms with Crippen molar-refractivity contribution >= 4 is 5.97 Å². The van der Waals surface area contributed by atoms with E-state index < -0.39 is 5.97 Å². The zero-order valence-electron chi connectivity index (χ0n) is 12.9. The van der Waals surface area contributed by atoms with Crippen LogP contribution in [0.1, 0.15) is 51.9 Å². The minimum atomic E-state index is -0.645. The van der Waals surface area contributed by atoms with Crippen LogP contribution in [0.4, 0.5) is 0 Å². The van der Waals surface area contributed by atoms with Crippen LogP contribution in [0.2, 0.25) is 0 Å². The topological polar surface area (TPSA) is 43.8 Å². The molecule has 4 heteroatoms. The molecule has 0 bridgehead atoms. The molecule has 116 valence electrons. The average Bonchev–Trinajstić information content (AvgIpc) is 2.77. The highest BCUT2D eigenvalue weighted by atomic mass is 16.4. The van der Waals surface area contributed by atoms with Crippen LogP contribution in [0.3, 0.4) is 0 Å². The molecule has 0 aliphatic carbocycles. The molecule has 2 atom stereocenters. The molecule has 0 spiro atoms. The summed E-state index contributed by atoms with van der Waals surface area (Å²) in [4.78, 5) is 15.9. The Morgan fingerprint density at radius 1 is 1.20 bits per heavy atom. The minimum absolute atomic E-state index is 0.341. The number of carboxylic acid groups (broad SMARTS) is 1. The van der Waals surface area contributed by atoms with Gasteiger partial charge in [-0.25, -0.2) is 0 Å². The van der Waals surface area contributed by atoms with E-state index in [1.165, 1.54) is 58.3 Å². The van der Waals surface area contributed by atoms with Crippen molar-refractivity contribution in [2.24, 2.45) is 5.92 Å². The molecule has 0 aromatic rings. The van der Waals surface area contributed by atoms with Crippen molar-refractivity contribution in [2.45, 2.75) is 57.9 Å². The van der Waals surface area contributed by atoms with Crippen molar-refractivity contribution in [2.75, 3.05) is 32.7 Å². The number of hydrogen-bond donors (Lipinski definition) is 1. The lowest BCUT2D eigenvalue weighted by molar-refractivity contribution is -0.137. The van der Waals surface area contributed by atoms with E-state index in [1.807, 2.05) is 0 Å². The highest BCUT2D eigenvalue weighted by molar-refractivity contribution is 5.66. The molecule has 4 nitrogen and oxygen atoms in total. The highest BCUT2D eigenvalue weighted by Gasteiger charge is 2.29. The molecule has 0 saturated carbocycles. The standard InChI is InChI=1S/C16H30N2O2/c1-2-9-17-10-3-4-15(8-11-17)18-12-7-14(13-18)5-6-16(19)20/h14-15H,2-13H2,1H3,(H,19,20). The van der Waals surface area contributed by atoms with E-state index in [1.54, 1.807) is 0 Å². The number of hydrogen-bond acceptors (Lipinski definition) is 3. The number of carbonyl (C=O) groups is 1. The Balaban J connectivity index is 1.74. The van der Waals surface area contributed by atoms with Gasteiger partial charge < -0.3 is 14.9 Å². The maximum atomic E-state index is 10.7. The zero-order chi connectivity index (χ0) is 14.4. The molecule has 2 heterocycles. The van der Waals surface area contributed by atoms with Crippen molar-refractivity contribution < 1.29 is 9.90 Å². The lowest BCUT2D eigenvalue weighted by atomic mass is 10.0. The van der Waals surface area contributed by atoms with E-state index in [0.29, 0.717) is 12.3 Å². The second kappa shape index (κ2) is 7.99. The monoisotopic (exact) mass is 282 g/mol. The summed E-state index contributed by atoms with van der Waals surface area (Å²) < 4.78 is 0. The minimum Gasteiger partial charge on any atom is -0.481 e. The van der Waals surface area contributed by atoms with Gasteiger partial charge >= 0.3 is 5.97 Å². The first-order chi connectivity index (χ1) is 9.69. The van der Waals surface area contributed by atoms with Crippen LogP contribution in [0.5, 0.6) is 0 Å². The van der Waals surface area contributed by atoms with Crippen molar-refractivity contribution in [1.82, 2.24) is 9.80 Å². The first kappa shape index (κ1) is 15.8. The fourth-order valence-electron chi connectivity index (χ4n) is 3.80. The molecule has 0 aromatic heterocycles. The normalized spacial score (nSPS) is 29.4. The Hall–Kier alpha value is -0.610. The van der Waals surface area contributed by atoms with Crippen LogP contribution in [-0.2, 0) is 4.79 Å². The lowest BCUT2D eigenvalue weighted by Gasteiger charge is -2.27. The molecule has 2 aliphatic rings. The summed E-state index contributed by atoms with van der Waals surface area (Å²) in [5, 5.41) is 8.79. The first-order valence-electron chi connectivity index (χ1n) is 8.37. The molecular weight excluding hydrogens is 252 g/mol. The molecule has 1 N–H and O–H groups in total. The third-order valence-corrected chi connectivity index (χ3v) is 4.93. The van der Waals surface area contributed by atoms with Crippen LogP contribution in [0.25, 0.3) is 0 Å². The number of carboxylic acids is 1. The number of rotatable bonds is 6. The first-order valence-corrected chi connectivity index (χ1v) is 8.37. The molecule has 20 heavy (non-hydrogen) atoms. The van der Waals surface area contributed by atoms with Gasteiger partial charge in [0.25, 0.3) is 0 Å². The van der Waals surface area contributed by atoms with Crippen LogP contribution in [-0.4, -0.2) is 59.6 Å². The van der Waals surface area contributed by atoms with Gasteiger partial charge in [-0.05, 0) is 70.6 Å². The third-order valence-electron chi connectivity index (χ3n) is 4.93. The smallest absolute Gasteiger partial charge is 0.303 e. The van der Waals surface area contributed by atoms with E-state index in [9.17, 15) is 4.79 Å². The summed E-state index contributed by atoms with van der Waals surface area (Å²) in [5.41, 5.74) is 0. The second-order valence-corrected chi connectivity index (χ2v) is 6.51. The van der Waals surface area contributed by atoms with Crippen molar-refractivity contribution in [3.05, 3.63) is 0 Å². The van der Waals surface area contributed by atoms with Gasteiger partial charge in [-0.2, -0.15) is 0 Å². The van der Waals surface area contributed by atoms with Crippen molar-refractivity contribution in [1.29, 1.82) is 0 Å². The van der Waals surface area contributed by atoms with Gasteiger partial charge in [0.2, 0.25) is 0 Å². The quantitative estimate of drug-likeness (QED) is 0.812. The Kier molecular flexibility index (Phi) is 6.30. The Bertz CT molecular complexity index is 309. The summed E-state index contributed by atoms with van der Waals surface area (Å²) >= 11 is 0. The zero-order valence-corrected chi connectivity index (χ0v) is 12.9. The summed E-state index contributed by atoms with van der Waals surface area (Å²) in [5.74, 6) is -0.0331. The van der Waals surface area contributed by atoms with E-state index in [0.717, 1.165) is 19.0 Å². The number of aliphatic carboxylic acids is 1. The second-order valence-electron chi connectivity index (χ2n) is 6.51. The molecule has 0 amide bonds. The summed E-state index contributed by atoms with van der Waals surface area (Å²) in [6.07, 6.45) is 7.60. The molecule has 2 unspecified atom stereocenters. The summed E-state index contributed by atoms with van der Waals surface area (Å²) in [6, 6.07) is 0.742. The van der Waals surface area contributed by atoms with Gasteiger partial charge in [0, 0.05) is 19.0 Å². The summed E-state index contributed by atoms with van der Waals surface area (Å²) in [7, 11) is 0. The molecule has 0 aromatic carbocycles. The molecule has 2 rings (SSSR count). The van der Waals surface area contributed by atoms with Crippen LogP contribution in [0, 0.1) is 5.92 Å². The van der Waals surface area contributed by atoms with Gasteiger partial charge in [-0.1, -0.05) is 6.92 Å². The van der Waals surface area contributed by atoms with Crippen molar-refractivity contribution in [3.8, 4) is 0 Å². The van der Waals surface area contributed by atoms with E-state index in [-0.39, 0.29) is 0 Å². The molecular formula is C16H30N2O2. The molecule has 2 saturated heterocycles. The van der Waals surface area contributed by atoms with Gasteiger partial charge in [-0.3, -0.25) is 4.79 Å². The number of nitrogens with zero attached hydrogens (tertiary/aromatic N) is 2. The van der Waals surface area contributed by atoms with E-state index in [4.69, 9.17) is 5.11 Å². The predicted octanol–water partition coefficient (Wildman–Crippen LogP) is 2.44. The highest BCUT2D eigenvalue weighted by Crippen LogP contribution is 2.27. The van der Waals surface area contributed by atoms with Gasteiger partial charge in [-0.15, -0.1) is 0 Å². The average molecular weight is 282 g/mol. The fraction of sp³-hybridized carbons (Fsp3) is 0.938. The van der Waals surface area contributed by atoms with E-state index >= 15 is 0 Å². The van der Waals surface area contributed by atoms with E-state index in [2.05, 4.69) is 16.7 Å². The van der Waals surface area contributed by atoms with Crippen LogP contribution < -0.4 is 0 Å². The molecule has 2 aliphatic heterocycles. The molecule has 0 radical (unpaired) electrons. The summed E-state index contributed by atoms with van der Waals surface area (Å²) in [6.45, 7) is 8.33. The van der Waals surface area contributed by atoms with Gasteiger partial charge in [0.1, 0.15) is 0 Å². The third kappa shape index (κ3) is 4.74. The van der Waals surface area contributed by atoms with Gasteiger partial charge in [0.15, 0.2) is 0 Å². The fourth-order valence-corrected chi connectivity index (χ4v) is 3.80. The maximum Gasteiger partial charge on any atom is 0.303 e. The van der Waals surface area contributed by atoms with Crippen molar-refractivity contribution in [3.63, 3.8) is 0 Å². The molecule has 2 fully saturated rings. The maximum absolute atomic E-state index is 10.7. The number of likely N-dealkylation sites (tertiary alicyclic amines) is 2. The predicted molar refractivity (Wildman–Crippen MR) is 80.9 cm³/mol. The van der Waals surface area contributed by atoms with Gasteiger partial charge in [0.05, 0.1) is 0 Å². The van der Waals surface area contributed by atoms with Crippen LogP contribution in [0.15, 0.2) is 0 Å². The SMILES string of the molecule is CCCN1CCCC(N2CCC(CCC(=O)O)C2)CC1. The van der Waals surface area contributed by atoms with Crippen LogP contribution >= 0.6 is 0 Å². The largest absolute Gasteiger partial charge is 0.481 e. The lowest BCUT2D eigenvalue weighted by Crippen LogP contribution is -2.34.